The monoisotopic (exact) mass is 325 g/mol. The van der Waals surface area contributed by atoms with E-state index in [9.17, 15) is 23.1 Å². The zero-order valence-corrected chi connectivity index (χ0v) is 11.9. The topological polar surface area (TPSA) is 75.1 Å². The van der Waals surface area contributed by atoms with Crippen molar-refractivity contribution in [3.8, 4) is 0 Å². The summed E-state index contributed by atoms with van der Waals surface area (Å²) in [4.78, 5) is 18.9. The Morgan fingerprint density at radius 2 is 2.04 bits per heavy atom. The molecule has 0 fully saturated rings. The molecule has 0 aliphatic carbocycles. The lowest BCUT2D eigenvalue weighted by Gasteiger charge is -2.12. The first-order chi connectivity index (χ1) is 10.9. The van der Waals surface area contributed by atoms with Crippen LogP contribution in [0.1, 0.15) is 22.9 Å². The number of aliphatic hydroxyl groups is 1. The van der Waals surface area contributed by atoms with Gasteiger partial charge in [-0.25, -0.2) is 0 Å². The summed E-state index contributed by atoms with van der Waals surface area (Å²) < 4.78 is 37.1. The summed E-state index contributed by atoms with van der Waals surface area (Å²) >= 11 is 0. The molecular weight excluding hydrogens is 311 g/mol. The van der Waals surface area contributed by atoms with Crippen LogP contribution in [0.3, 0.4) is 0 Å². The number of nitrogens with one attached hydrogen (secondary N) is 1. The molecule has 1 amide bonds. The number of aliphatic hydroxyl groups excluding tert-OH is 1. The van der Waals surface area contributed by atoms with Crippen LogP contribution in [0.25, 0.3) is 0 Å². The Bertz CT molecular complexity index is 645. The van der Waals surface area contributed by atoms with Gasteiger partial charge in [0.1, 0.15) is 5.69 Å². The van der Waals surface area contributed by atoms with Crippen LogP contribution in [0.15, 0.2) is 42.9 Å². The highest BCUT2D eigenvalue weighted by atomic mass is 19.4. The number of pyridine rings is 2. The first-order valence-electron chi connectivity index (χ1n) is 6.73. The van der Waals surface area contributed by atoms with Gasteiger partial charge in [0, 0.05) is 30.7 Å². The highest BCUT2D eigenvalue weighted by Gasteiger charge is 2.32. The van der Waals surface area contributed by atoms with Crippen molar-refractivity contribution in [2.24, 2.45) is 0 Å². The van der Waals surface area contributed by atoms with E-state index in [-0.39, 0.29) is 13.0 Å². The molecule has 0 saturated heterocycles. The third-order valence-corrected chi connectivity index (χ3v) is 3.04. The molecule has 0 spiro atoms. The molecule has 1 atom stereocenters. The molecule has 23 heavy (non-hydrogen) atoms. The summed E-state index contributed by atoms with van der Waals surface area (Å²) in [6.07, 6.45) is -1.47. The molecule has 0 saturated carbocycles. The average molecular weight is 325 g/mol. The first-order valence-corrected chi connectivity index (χ1v) is 6.73. The minimum Gasteiger partial charge on any atom is -0.387 e. The maximum absolute atomic E-state index is 12.4. The van der Waals surface area contributed by atoms with Crippen LogP contribution in [0.5, 0.6) is 0 Å². The second-order valence-electron chi connectivity index (χ2n) is 4.83. The van der Waals surface area contributed by atoms with Crippen molar-refractivity contribution >= 4 is 5.91 Å². The molecule has 2 rings (SSSR count). The SMILES string of the molecule is O=C(Cc1ccc(C(F)(F)F)nc1)NCC(O)c1cccnc1. The van der Waals surface area contributed by atoms with Gasteiger partial charge in [-0.3, -0.25) is 14.8 Å². The zero-order valence-electron chi connectivity index (χ0n) is 11.9. The van der Waals surface area contributed by atoms with Gasteiger partial charge in [0.25, 0.3) is 0 Å². The molecule has 8 heteroatoms. The van der Waals surface area contributed by atoms with Crippen molar-refractivity contribution in [1.29, 1.82) is 0 Å². The van der Waals surface area contributed by atoms with Gasteiger partial charge < -0.3 is 10.4 Å². The molecule has 2 aromatic rings. The second-order valence-corrected chi connectivity index (χ2v) is 4.83. The van der Waals surface area contributed by atoms with Crippen molar-refractivity contribution in [2.75, 3.05) is 6.54 Å². The Hall–Kier alpha value is -2.48. The Balaban J connectivity index is 1.85. The van der Waals surface area contributed by atoms with Crippen LogP contribution in [0.4, 0.5) is 13.2 Å². The van der Waals surface area contributed by atoms with E-state index in [0.29, 0.717) is 11.1 Å². The number of alkyl halides is 3. The molecule has 2 heterocycles. The molecule has 5 nitrogen and oxygen atoms in total. The van der Waals surface area contributed by atoms with E-state index in [1.807, 2.05) is 0 Å². The lowest BCUT2D eigenvalue weighted by molar-refractivity contribution is -0.141. The van der Waals surface area contributed by atoms with Crippen molar-refractivity contribution in [1.82, 2.24) is 15.3 Å². The summed E-state index contributed by atoms with van der Waals surface area (Å²) in [5, 5.41) is 12.4. The molecule has 2 aromatic heterocycles. The number of amides is 1. The number of rotatable bonds is 5. The lowest BCUT2D eigenvalue weighted by Crippen LogP contribution is -2.29. The fourth-order valence-electron chi connectivity index (χ4n) is 1.85. The molecule has 0 radical (unpaired) electrons. The van der Waals surface area contributed by atoms with Crippen molar-refractivity contribution < 1.29 is 23.1 Å². The van der Waals surface area contributed by atoms with E-state index < -0.39 is 23.9 Å². The Labute approximate surface area is 130 Å². The molecule has 0 aromatic carbocycles. The summed E-state index contributed by atoms with van der Waals surface area (Å²) in [5.41, 5.74) is -0.0935. The molecule has 122 valence electrons. The molecule has 0 bridgehead atoms. The van der Waals surface area contributed by atoms with Gasteiger partial charge in [0.2, 0.25) is 5.91 Å². The first kappa shape index (κ1) is 16.9. The third kappa shape index (κ3) is 5.03. The van der Waals surface area contributed by atoms with Crippen LogP contribution < -0.4 is 5.32 Å². The van der Waals surface area contributed by atoms with Gasteiger partial charge in [0.05, 0.1) is 12.5 Å². The van der Waals surface area contributed by atoms with Gasteiger partial charge in [-0.05, 0) is 17.7 Å². The Kier molecular flexibility index (Phi) is 5.28. The molecule has 2 N–H and O–H groups in total. The number of carbonyl (C=O) groups is 1. The summed E-state index contributed by atoms with van der Waals surface area (Å²) in [5.74, 6) is -0.422. The van der Waals surface area contributed by atoms with Gasteiger partial charge in [-0.1, -0.05) is 12.1 Å². The summed E-state index contributed by atoms with van der Waals surface area (Å²) in [6.45, 7) is -0.0153. The largest absolute Gasteiger partial charge is 0.433 e. The van der Waals surface area contributed by atoms with E-state index in [2.05, 4.69) is 15.3 Å². The number of carbonyl (C=O) groups excluding carboxylic acids is 1. The van der Waals surface area contributed by atoms with E-state index in [1.165, 1.54) is 12.3 Å². The third-order valence-electron chi connectivity index (χ3n) is 3.04. The number of halogens is 3. The highest BCUT2D eigenvalue weighted by molar-refractivity contribution is 5.78. The van der Waals surface area contributed by atoms with Crippen LogP contribution in [0.2, 0.25) is 0 Å². The summed E-state index contributed by atoms with van der Waals surface area (Å²) in [7, 11) is 0. The minimum atomic E-state index is -4.51. The predicted octanol–water partition coefficient (Wildman–Crippen LogP) is 1.89. The number of nitrogens with zero attached hydrogens (tertiary/aromatic N) is 2. The standard InChI is InChI=1S/C15H14F3N3O2/c16-15(17,18)13-4-3-10(7-20-13)6-14(23)21-9-12(22)11-2-1-5-19-8-11/h1-5,7-8,12,22H,6,9H2,(H,21,23). The fourth-order valence-corrected chi connectivity index (χ4v) is 1.85. The highest BCUT2D eigenvalue weighted by Crippen LogP contribution is 2.27. The predicted molar refractivity (Wildman–Crippen MR) is 75.1 cm³/mol. The number of hydrogen-bond acceptors (Lipinski definition) is 4. The van der Waals surface area contributed by atoms with Gasteiger partial charge >= 0.3 is 6.18 Å². The Morgan fingerprint density at radius 3 is 2.61 bits per heavy atom. The molecule has 0 aliphatic heterocycles. The van der Waals surface area contributed by atoms with Crippen LogP contribution in [-0.2, 0) is 17.4 Å². The van der Waals surface area contributed by atoms with Crippen LogP contribution >= 0.6 is 0 Å². The van der Waals surface area contributed by atoms with Gasteiger partial charge in [0.15, 0.2) is 0 Å². The van der Waals surface area contributed by atoms with Crippen molar-refractivity contribution in [3.05, 3.63) is 59.7 Å². The van der Waals surface area contributed by atoms with Crippen LogP contribution in [0, 0.1) is 0 Å². The quantitative estimate of drug-likeness (QED) is 0.880. The lowest BCUT2D eigenvalue weighted by atomic mass is 10.1. The maximum Gasteiger partial charge on any atom is 0.433 e. The van der Waals surface area contributed by atoms with Crippen molar-refractivity contribution in [3.63, 3.8) is 0 Å². The zero-order chi connectivity index (χ0) is 16.9. The van der Waals surface area contributed by atoms with E-state index in [0.717, 1.165) is 12.3 Å². The van der Waals surface area contributed by atoms with E-state index in [1.54, 1.807) is 18.3 Å². The molecule has 1 unspecified atom stereocenters. The average Bonchev–Trinajstić information content (AvgIpc) is 2.53. The van der Waals surface area contributed by atoms with Crippen molar-refractivity contribution in [2.45, 2.75) is 18.7 Å². The fraction of sp³-hybridized carbons (Fsp3) is 0.267. The van der Waals surface area contributed by atoms with Gasteiger partial charge in [-0.15, -0.1) is 0 Å². The smallest absolute Gasteiger partial charge is 0.387 e. The number of hydrogen-bond donors (Lipinski definition) is 2. The van der Waals surface area contributed by atoms with Gasteiger partial charge in [-0.2, -0.15) is 13.2 Å². The Morgan fingerprint density at radius 1 is 1.26 bits per heavy atom. The van der Waals surface area contributed by atoms with E-state index in [4.69, 9.17) is 0 Å². The normalized spacial score (nSPS) is 12.7. The molecule has 0 aliphatic rings. The summed E-state index contributed by atoms with van der Waals surface area (Å²) in [6, 6.07) is 5.36. The maximum atomic E-state index is 12.4. The van der Waals surface area contributed by atoms with Crippen LogP contribution in [-0.4, -0.2) is 27.5 Å². The number of aromatic nitrogens is 2. The second kappa shape index (κ2) is 7.19. The van der Waals surface area contributed by atoms with E-state index >= 15 is 0 Å². The molecular formula is C15H14F3N3O2. The minimum absolute atomic E-state index is 0.0153.